The van der Waals surface area contributed by atoms with Gasteiger partial charge in [-0.15, -0.1) is 0 Å². The van der Waals surface area contributed by atoms with Crippen molar-refractivity contribution >= 4 is 43.6 Å². The summed E-state index contributed by atoms with van der Waals surface area (Å²) in [6, 6.07) is 70.3. The van der Waals surface area contributed by atoms with Crippen LogP contribution in [-0.2, 0) is 0 Å². The fourth-order valence-corrected chi connectivity index (χ4v) is 8.33. The molecule has 3 heterocycles. The lowest BCUT2D eigenvalue weighted by Gasteiger charge is -2.16. The highest BCUT2D eigenvalue weighted by Crippen LogP contribution is 2.40. The van der Waals surface area contributed by atoms with Crippen LogP contribution in [0.5, 0.6) is 0 Å². The van der Waals surface area contributed by atoms with Crippen LogP contribution in [0, 0.1) is 0 Å². The molecule has 0 aliphatic heterocycles. The van der Waals surface area contributed by atoms with Crippen LogP contribution < -0.4 is 0 Å². The molecular formula is C51H33N5. The maximum Gasteiger partial charge on any atom is 0.240 e. The number of aromatic nitrogens is 5. The van der Waals surface area contributed by atoms with Gasteiger partial charge in [-0.3, -0.25) is 9.13 Å². The van der Waals surface area contributed by atoms with Crippen LogP contribution in [0.15, 0.2) is 200 Å². The summed E-state index contributed by atoms with van der Waals surface area (Å²) in [5.41, 5.74) is 11.9. The van der Waals surface area contributed by atoms with Gasteiger partial charge in [0.15, 0.2) is 5.82 Å². The Labute approximate surface area is 323 Å². The summed E-state index contributed by atoms with van der Waals surface area (Å²) < 4.78 is 4.36. The van der Waals surface area contributed by atoms with Crippen LogP contribution in [0.25, 0.3) is 100 Å². The zero-order valence-electron chi connectivity index (χ0n) is 30.3. The van der Waals surface area contributed by atoms with E-state index in [1.54, 1.807) is 0 Å². The van der Waals surface area contributed by atoms with Gasteiger partial charge in [0, 0.05) is 27.1 Å². The highest BCUT2D eigenvalue weighted by atomic mass is 15.3. The normalized spacial score (nSPS) is 11.6. The van der Waals surface area contributed by atoms with E-state index in [0.29, 0.717) is 17.7 Å². The highest BCUT2D eigenvalue weighted by Gasteiger charge is 2.22. The van der Waals surface area contributed by atoms with Crippen molar-refractivity contribution in [3.63, 3.8) is 0 Å². The van der Waals surface area contributed by atoms with E-state index in [1.807, 2.05) is 0 Å². The molecule has 0 atom stereocenters. The molecule has 0 aliphatic carbocycles. The first kappa shape index (κ1) is 31.9. The van der Waals surface area contributed by atoms with E-state index in [9.17, 15) is 0 Å². The van der Waals surface area contributed by atoms with Crippen LogP contribution in [-0.4, -0.2) is 24.1 Å². The minimum absolute atomic E-state index is 0.558. The number of rotatable bonds is 6. The van der Waals surface area contributed by atoms with Crippen molar-refractivity contribution in [2.75, 3.05) is 0 Å². The quantitative estimate of drug-likeness (QED) is 0.172. The van der Waals surface area contributed by atoms with Gasteiger partial charge in [0.2, 0.25) is 11.9 Å². The maximum atomic E-state index is 5.39. The highest BCUT2D eigenvalue weighted by molar-refractivity contribution is 6.10. The number of hydrogen-bond acceptors (Lipinski definition) is 3. The molecule has 11 rings (SSSR count). The summed E-state index contributed by atoms with van der Waals surface area (Å²) in [5.74, 6) is 1.71. The topological polar surface area (TPSA) is 48.5 Å². The van der Waals surface area contributed by atoms with Crippen molar-refractivity contribution in [3.8, 4) is 56.7 Å². The Morgan fingerprint density at radius 1 is 0.268 bits per heavy atom. The molecule has 8 aromatic carbocycles. The first-order valence-electron chi connectivity index (χ1n) is 18.9. The number of hydrogen-bond donors (Lipinski definition) is 0. The van der Waals surface area contributed by atoms with E-state index in [2.05, 4.69) is 209 Å². The summed E-state index contributed by atoms with van der Waals surface area (Å²) in [6.45, 7) is 0. The van der Waals surface area contributed by atoms with Gasteiger partial charge in [0.1, 0.15) is 0 Å². The molecule has 0 amide bonds. The van der Waals surface area contributed by atoms with E-state index >= 15 is 0 Å². The lowest BCUT2D eigenvalue weighted by molar-refractivity contribution is 0.893. The van der Waals surface area contributed by atoms with Gasteiger partial charge in [0.05, 0.1) is 22.1 Å². The summed E-state index contributed by atoms with van der Waals surface area (Å²) in [4.78, 5) is 16.1. The Morgan fingerprint density at radius 2 is 0.643 bits per heavy atom. The molecular weight excluding hydrogens is 683 g/mol. The summed E-state index contributed by atoms with van der Waals surface area (Å²) in [6.07, 6.45) is 0. The van der Waals surface area contributed by atoms with Gasteiger partial charge < -0.3 is 0 Å². The van der Waals surface area contributed by atoms with E-state index in [0.717, 1.165) is 71.4 Å². The Kier molecular flexibility index (Phi) is 7.42. The van der Waals surface area contributed by atoms with Crippen molar-refractivity contribution in [1.29, 1.82) is 0 Å². The number of fused-ring (bicyclic) bond motifs is 6. The zero-order valence-corrected chi connectivity index (χ0v) is 30.3. The summed E-state index contributed by atoms with van der Waals surface area (Å²) in [5, 5.41) is 4.59. The van der Waals surface area contributed by atoms with E-state index < -0.39 is 0 Å². The van der Waals surface area contributed by atoms with Crippen molar-refractivity contribution < 1.29 is 0 Å². The van der Waals surface area contributed by atoms with Crippen molar-refractivity contribution in [1.82, 2.24) is 24.1 Å². The molecule has 11 aromatic rings. The molecule has 0 spiro atoms. The Morgan fingerprint density at radius 3 is 1.16 bits per heavy atom. The molecule has 0 radical (unpaired) electrons. The predicted octanol–water partition coefficient (Wildman–Crippen LogP) is 12.7. The van der Waals surface area contributed by atoms with Gasteiger partial charge in [0.25, 0.3) is 0 Å². The van der Waals surface area contributed by atoms with E-state index in [-0.39, 0.29) is 0 Å². The van der Waals surface area contributed by atoms with Gasteiger partial charge in [-0.2, -0.15) is 15.0 Å². The van der Waals surface area contributed by atoms with Crippen LogP contribution in [0.4, 0.5) is 0 Å². The Hall–Kier alpha value is -7.63. The van der Waals surface area contributed by atoms with Crippen molar-refractivity contribution in [2.45, 2.75) is 0 Å². The fraction of sp³-hybridized carbons (Fsp3) is 0. The zero-order chi connectivity index (χ0) is 37.0. The Balaban J connectivity index is 1.18. The molecule has 56 heavy (non-hydrogen) atoms. The van der Waals surface area contributed by atoms with Crippen molar-refractivity contribution in [3.05, 3.63) is 200 Å². The lowest BCUT2D eigenvalue weighted by atomic mass is 9.90. The second-order valence-corrected chi connectivity index (χ2v) is 14.0. The van der Waals surface area contributed by atoms with Gasteiger partial charge in [-0.1, -0.05) is 170 Å². The molecule has 5 heteroatoms. The van der Waals surface area contributed by atoms with Crippen molar-refractivity contribution in [2.24, 2.45) is 0 Å². The third-order valence-electron chi connectivity index (χ3n) is 10.8. The van der Waals surface area contributed by atoms with Gasteiger partial charge >= 0.3 is 0 Å². The van der Waals surface area contributed by atoms with Gasteiger partial charge in [-0.05, 0) is 63.7 Å². The second-order valence-electron chi connectivity index (χ2n) is 14.0. The third kappa shape index (κ3) is 5.13. The van der Waals surface area contributed by atoms with Crippen LogP contribution in [0.3, 0.4) is 0 Å². The average Bonchev–Trinajstić information content (AvgIpc) is 3.80. The smallest absolute Gasteiger partial charge is 0.240 e. The number of nitrogens with zero attached hydrogens (tertiary/aromatic N) is 5. The predicted molar refractivity (Wildman–Crippen MR) is 230 cm³/mol. The molecule has 0 saturated carbocycles. The molecule has 0 unspecified atom stereocenters. The molecule has 0 aliphatic rings. The first-order chi connectivity index (χ1) is 27.8. The van der Waals surface area contributed by atoms with E-state index in [4.69, 9.17) is 15.0 Å². The maximum absolute atomic E-state index is 5.39. The number of para-hydroxylation sites is 4. The standard InChI is InChI=1S/C51H33N5/c1-2-17-34(18-3-1)35-19-16-20-36(33-35)37-21-4-5-22-38(37)39-23-6-7-28-44(39)49-52-50(55-45-29-12-8-24-40(45)41-25-9-13-30-46(41)55)54-51(53-49)56-47-31-14-10-26-42(47)43-27-11-15-32-48(43)56/h1-33H. The minimum atomic E-state index is 0.558. The minimum Gasteiger partial charge on any atom is -0.278 e. The largest absolute Gasteiger partial charge is 0.278 e. The molecule has 3 aromatic heterocycles. The molecule has 5 nitrogen and oxygen atoms in total. The van der Waals surface area contributed by atoms with Crippen LogP contribution in [0.1, 0.15) is 0 Å². The lowest BCUT2D eigenvalue weighted by Crippen LogP contribution is -2.10. The van der Waals surface area contributed by atoms with E-state index in [1.165, 1.54) is 11.1 Å². The SMILES string of the molecule is c1ccc(-c2cccc(-c3ccccc3-c3ccccc3-c3nc(-n4c5ccccc5c5ccccc54)nc(-n4c5ccccc5c5ccccc54)n3)c2)cc1. The third-order valence-corrected chi connectivity index (χ3v) is 10.8. The average molecular weight is 716 g/mol. The molecule has 0 saturated heterocycles. The fourth-order valence-electron chi connectivity index (χ4n) is 8.33. The Bertz CT molecular complexity index is 3030. The monoisotopic (exact) mass is 715 g/mol. The molecule has 0 N–H and O–H groups in total. The van der Waals surface area contributed by atoms with Crippen LogP contribution >= 0.6 is 0 Å². The molecule has 0 bridgehead atoms. The second kappa shape index (κ2) is 13.0. The number of benzene rings is 8. The molecule has 262 valence electrons. The summed E-state index contributed by atoms with van der Waals surface area (Å²) >= 11 is 0. The summed E-state index contributed by atoms with van der Waals surface area (Å²) in [7, 11) is 0. The van der Waals surface area contributed by atoms with Crippen LogP contribution in [0.2, 0.25) is 0 Å². The van der Waals surface area contributed by atoms with Gasteiger partial charge in [-0.25, -0.2) is 0 Å². The molecule has 0 fully saturated rings. The first-order valence-corrected chi connectivity index (χ1v) is 18.9.